The molecule has 2 aromatic carbocycles. The normalized spacial score (nSPS) is 10.6. The molecule has 0 heterocycles. The minimum atomic E-state index is -1.20. The van der Waals surface area contributed by atoms with Crippen molar-refractivity contribution in [3.63, 3.8) is 0 Å². The molecule has 2 aromatic rings. The summed E-state index contributed by atoms with van der Waals surface area (Å²) in [7, 11) is 1.53. The quantitative estimate of drug-likeness (QED) is 0.539. The molecule has 0 aromatic heterocycles. The van der Waals surface area contributed by atoms with Crippen molar-refractivity contribution >= 4 is 18.4 Å². The van der Waals surface area contributed by atoms with E-state index < -0.39 is 11.6 Å². The topological polar surface area (TPSA) is 80.9 Å². The number of nitrogens with zero attached hydrogens (tertiary/aromatic N) is 2. The van der Waals surface area contributed by atoms with E-state index in [0.717, 1.165) is 5.56 Å². The maximum absolute atomic E-state index is 12.2. The van der Waals surface area contributed by atoms with Crippen molar-refractivity contribution < 1.29 is 19.0 Å². The second kappa shape index (κ2) is 8.37. The molecule has 6 heteroatoms. The molecule has 0 spiro atoms. The van der Waals surface area contributed by atoms with Crippen molar-refractivity contribution in [3.05, 3.63) is 42.0 Å². The number of methoxy groups -OCH3 is 1. The molecule has 6 nitrogen and oxygen atoms in total. The molecule has 0 fully saturated rings. The molecule has 0 aliphatic heterocycles. The Labute approximate surface area is 159 Å². The molecule has 0 aliphatic rings. The van der Waals surface area contributed by atoms with Gasteiger partial charge in [-0.05, 0) is 57.3 Å². The lowest BCUT2D eigenvalue weighted by Crippen LogP contribution is -2.39. The van der Waals surface area contributed by atoms with Crippen LogP contribution in [0.4, 0.5) is 5.69 Å². The lowest BCUT2D eigenvalue weighted by Gasteiger charge is -2.26. The van der Waals surface area contributed by atoms with E-state index in [9.17, 15) is 4.79 Å². The Balaban J connectivity index is 2.62. The summed E-state index contributed by atoms with van der Waals surface area (Å²) in [5.74, 6) is 0.426. The predicted molar refractivity (Wildman–Crippen MR) is 104 cm³/mol. The minimum absolute atomic E-state index is 0.261. The second-order valence-electron chi connectivity index (χ2n) is 6.17. The van der Waals surface area contributed by atoms with E-state index >= 15 is 0 Å². The molecule has 0 aliphatic carbocycles. The van der Waals surface area contributed by atoms with Gasteiger partial charge in [0, 0.05) is 0 Å². The summed E-state index contributed by atoms with van der Waals surface area (Å²) in [6.07, 6.45) is 0. The monoisotopic (exact) mass is 366 g/mol. The lowest BCUT2D eigenvalue weighted by molar-refractivity contribution is -0.158. The van der Waals surface area contributed by atoms with Gasteiger partial charge in [0.1, 0.15) is 11.4 Å². The van der Waals surface area contributed by atoms with Gasteiger partial charge in [0.05, 0.1) is 30.9 Å². The molecular formula is C21H22N2O4. The summed E-state index contributed by atoms with van der Waals surface area (Å²) in [4.78, 5) is 16.2. The van der Waals surface area contributed by atoms with Crippen LogP contribution in [0.25, 0.3) is 11.1 Å². The van der Waals surface area contributed by atoms with Gasteiger partial charge >= 0.3 is 5.97 Å². The van der Waals surface area contributed by atoms with Crippen LogP contribution in [0.2, 0.25) is 0 Å². The van der Waals surface area contributed by atoms with Crippen LogP contribution in [-0.4, -0.2) is 32.0 Å². The van der Waals surface area contributed by atoms with Crippen LogP contribution in [0.15, 0.2) is 41.4 Å². The van der Waals surface area contributed by atoms with E-state index in [4.69, 9.17) is 19.5 Å². The first-order valence-electron chi connectivity index (χ1n) is 8.42. The van der Waals surface area contributed by atoms with E-state index in [0.29, 0.717) is 28.3 Å². The van der Waals surface area contributed by atoms with Gasteiger partial charge in [-0.1, -0.05) is 12.1 Å². The van der Waals surface area contributed by atoms with Crippen molar-refractivity contribution in [1.29, 1.82) is 5.26 Å². The Bertz CT molecular complexity index is 880. The summed E-state index contributed by atoms with van der Waals surface area (Å²) in [5, 5.41) is 9.03. The molecule has 2 rings (SSSR count). The summed E-state index contributed by atoms with van der Waals surface area (Å²) in [5.41, 5.74) is 1.24. The number of rotatable bonds is 7. The summed E-state index contributed by atoms with van der Waals surface area (Å²) < 4.78 is 16.7. The Morgan fingerprint density at radius 3 is 2.41 bits per heavy atom. The summed E-state index contributed by atoms with van der Waals surface area (Å²) >= 11 is 0. The molecular weight excluding hydrogens is 344 g/mol. The maximum atomic E-state index is 12.2. The first-order chi connectivity index (χ1) is 12.9. The third-order valence-corrected chi connectivity index (χ3v) is 3.91. The minimum Gasteiger partial charge on any atom is -0.494 e. The van der Waals surface area contributed by atoms with Crippen molar-refractivity contribution in [1.82, 2.24) is 0 Å². The Hall–Kier alpha value is -3.33. The highest BCUT2D eigenvalue weighted by atomic mass is 16.6. The molecule has 0 amide bonds. The van der Waals surface area contributed by atoms with Gasteiger partial charge in [0.25, 0.3) is 0 Å². The summed E-state index contributed by atoms with van der Waals surface area (Å²) in [6, 6.07) is 12.5. The highest BCUT2D eigenvalue weighted by molar-refractivity contribution is 5.84. The number of carbonyl (C=O) groups is 1. The zero-order valence-corrected chi connectivity index (χ0v) is 15.9. The highest BCUT2D eigenvalue weighted by Crippen LogP contribution is 2.45. The van der Waals surface area contributed by atoms with Gasteiger partial charge in [0.15, 0.2) is 11.4 Å². The molecule has 0 radical (unpaired) electrons. The van der Waals surface area contributed by atoms with E-state index in [1.54, 1.807) is 57.2 Å². The van der Waals surface area contributed by atoms with E-state index in [-0.39, 0.29) is 6.61 Å². The lowest BCUT2D eigenvalue weighted by atomic mass is 10.0. The summed E-state index contributed by atoms with van der Waals surface area (Å²) in [6.45, 7) is 8.85. The van der Waals surface area contributed by atoms with Crippen molar-refractivity contribution in [2.24, 2.45) is 4.99 Å². The van der Waals surface area contributed by atoms with Gasteiger partial charge in [-0.3, -0.25) is 4.99 Å². The number of esters is 1. The fourth-order valence-corrected chi connectivity index (χ4v) is 2.58. The van der Waals surface area contributed by atoms with Gasteiger partial charge < -0.3 is 14.2 Å². The second-order valence-corrected chi connectivity index (χ2v) is 6.17. The van der Waals surface area contributed by atoms with Gasteiger partial charge in [-0.25, -0.2) is 4.79 Å². The Morgan fingerprint density at radius 1 is 1.22 bits per heavy atom. The van der Waals surface area contributed by atoms with Crippen LogP contribution in [0.3, 0.4) is 0 Å². The standard InChI is InChI=1S/C21H22N2O4/c1-6-26-20(24)21(2,3)27-17-12-11-16(23-4)19(25-5)18(17)15-9-7-14(13-22)8-10-15/h7-12H,4,6H2,1-3,5H3. The first kappa shape index (κ1) is 20.0. The van der Waals surface area contributed by atoms with Crippen molar-refractivity contribution in [3.8, 4) is 28.7 Å². The average molecular weight is 366 g/mol. The molecule has 140 valence electrons. The van der Waals surface area contributed by atoms with Crippen molar-refractivity contribution in [2.75, 3.05) is 13.7 Å². The highest BCUT2D eigenvalue weighted by Gasteiger charge is 2.33. The van der Waals surface area contributed by atoms with Gasteiger partial charge in [-0.2, -0.15) is 5.26 Å². The van der Waals surface area contributed by atoms with Crippen LogP contribution < -0.4 is 9.47 Å². The van der Waals surface area contributed by atoms with Crippen LogP contribution in [0.1, 0.15) is 26.3 Å². The van der Waals surface area contributed by atoms with Gasteiger partial charge in [-0.15, -0.1) is 0 Å². The molecule has 0 unspecified atom stereocenters. The number of nitriles is 1. The average Bonchev–Trinajstić information content (AvgIpc) is 2.67. The number of aliphatic imine (C=N–C) groups is 1. The molecule has 0 saturated carbocycles. The SMILES string of the molecule is C=Nc1ccc(OC(C)(C)C(=O)OCC)c(-c2ccc(C#N)cc2)c1OC. The Morgan fingerprint density at radius 2 is 1.89 bits per heavy atom. The molecule has 0 bridgehead atoms. The number of carbonyl (C=O) groups excluding carboxylic acids is 1. The number of hydrogen-bond donors (Lipinski definition) is 0. The largest absolute Gasteiger partial charge is 0.494 e. The van der Waals surface area contributed by atoms with E-state index in [1.807, 2.05) is 0 Å². The van der Waals surface area contributed by atoms with Crippen LogP contribution in [0, 0.1) is 11.3 Å². The van der Waals surface area contributed by atoms with E-state index in [2.05, 4.69) is 17.8 Å². The van der Waals surface area contributed by atoms with Crippen LogP contribution >= 0.6 is 0 Å². The fourth-order valence-electron chi connectivity index (χ4n) is 2.58. The predicted octanol–water partition coefficient (Wildman–Crippen LogP) is 4.29. The van der Waals surface area contributed by atoms with Gasteiger partial charge in [0.2, 0.25) is 0 Å². The number of benzene rings is 2. The third-order valence-electron chi connectivity index (χ3n) is 3.91. The van der Waals surface area contributed by atoms with Crippen LogP contribution in [0.5, 0.6) is 11.5 Å². The maximum Gasteiger partial charge on any atom is 0.349 e. The molecule has 0 N–H and O–H groups in total. The molecule has 27 heavy (non-hydrogen) atoms. The van der Waals surface area contributed by atoms with Crippen LogP contribution in [-0.2, 0) is 9.53 Å². The van der Waals surface area contributed by atoms with E-state index in [1.165, 1.54) is 7.11 Å². The molecule has 0 saturated heterocycles. The first-order valence-corrected chi connectivity index (χ1v) is 8.42. The zero-order valence-electron chi connectivity index (χ0n) is 15.9. The Kier molecular flexibility index (Phi) is 6.19. The molecule has 0 atom stereocenters. The number of hydrogen-bond acceptors (Lipinski definition) is 6. The van der Waals surface area contributed by atoms with Crippen molar-refractivity contribution in [2.45, 2.75) is 26.4 Å². The fraction of sp³-hybridized carbons (Fsp3) is 0.286. The zero-order chi connectivity index (χ0) is 20.0. The smallest absolute Gasteiger partial charge is 0.349 e. The third kappa shape index (κ3) is 4.26. The number of ether oxygens (including phenoxy) is 3.